The third kappa shape index (κ3) is 2.01. The molecule has 80 valence electrons. The predicted octanol–water partition coefficient (Wildman–Crippen LogP) is 2.99. The molecule has 1 aliphatic carbocycles. The van der Waals surface area contributed by atoms with Crippen LogP contribution >= 0.6 is 0 Å². The van der Waals surface area contributed by atoms with Crippen LogP contribution in [0.25, 0.3) is 0 Å². The number of halogens is 1. The van der Waals surface area contributed by atoms with E-state index >= 15 is 0 Å². The Balaban J connectivity index is 2.28. The second-order valence-electron chi connectivity index (χ2n) is 3.98. The summed E-state index contributed by atoms with van der Waals surface area (Å²) in [5.41, 5.74) is 1.06. The quantitative estimate of drug-likeness (QED) is 0.811. The van der Waals surface area contributed by atoms with Gasteiger partial charge < -0.3 is 5.11 Å². The maximum atomic E-state index is 13.5. The molecule has 0 saturated heterocycles. The van der Waals surface area contributed by atoms with Crippen molar-refractivity contribution in [1.82, 2.24) is 0 Å². The van der Waals surface area contributed by atoms with Crippen LogP contribution in [0.2, 0.25) is 0 Å². The summed E-state index contributed by atoms with van der Waals surface area (Å²) < 4.78 is 13.5. The highest BCUT2D eigenvalue weighted by molar-refractivity contribution is 5.87. The van der Waals surface area contributed by atoms with Crippen molar-refractivity contribution in [3.8, 4) is 0 Å². The second-order valence-corrected chi connectivity index (χ2v) is 3.98. The Bertz CT molecular complexity index is 376. The summed E-state index contributed by atoms with van der Waals surface area (Å²) in [5.74, 6) is -1.06. The minimum atomic E-state index is -0.953. The second kappa shape index (κ2) is 4.01. The molecule has 0 spiro atoms. The fourth-order valence-electron chi connectivity index (χ4n) is 2.19. The van der Waals surface area contributed by atoms with Crippen LogP contribution in [0.15, 0.2) is 24.3 Å². The van der Waals surface area contributed by atoms with E-state index in [2.05, 4.69) is 0 Å². The monoisotopic (exact) mass is 208 g/mol. The SMILES string of the molecule is O=C(O)c1cccc(C2CCCC2F)c1. The summed E-state index contributed by atoms with van der Waals surface area (Å²) in [6, 6.07) is 6.62. The van der Waals surface area contributed by atoms with Gasteiger partial charge in [0.25, 0.3) is 0 Å². The third-order valence-electron chi connectivity index (χ3n) is 2.99. The minimum absolute atomic E-state index is 0.107. The first-order chi connectivity index (χ1) is 7.18. The fraction of sp³-hybridized carbons (Fsp3) is 0.417. The van der Waals surface area contributed by atoms with Gasteiger partial charge in [-0.1, -0.05) is 12.1 Å². The summed E-state index contributed by atoms with van der Waals surface area (Å²) in [7, 11) is 0. The molecule has 0 radical (unpaired) electrons. The van der Waals surface area contributed by atoms with E-state index < -0.39 is 12.1 Å². The van der Waals surface area contributed by atoms with E-state index in [-0.39, 0.29) is 11.5 Å². The highest BCUT2D eigenvalue weighted by Gasteiger charge is 2.28. The first-order valence-corrected chi connectivity index (χ1v) is 5.16. The van der Waals surface area contributed by atoms with Crippen LogP contribution < -0.4 is 0 Å². The number of hydrogen-bond donors (Lipinski definition) is 1. The summed E-state index contributed by atoms with van der Waals surface area (Å²) >= 11 is 0. The van der Waals surface area contributed by atoms with E-state index in [1.54, 1.807) is 12.1 Å². The van der Waals surface area contributed by atoms with Crippen LogP contribution in [0.5, 0.6) is 0 Å². The lowest BCUT2D eigenvalue weighted by atomic mass is 9.95. The molecule has 2 atom stereocenters. The van der Waals surface area contributed by atoms with E-state index in [9.17, 15) is 9.18 Å². The van der Waals surface area contributed by atoms with E-state index in [4.69, 9.17) is 5.11 Å². The lowest BCUT2D eigenvalue weighted by molar-refractivity contribution is 0.0696. The smallest absolute Gasteiger partial charge is 0.335 e. The molecule has 15 heavy (non-hydrogen) atoms. The van der Waals surface area contributed by atoms with Crippen LogP contribution in [0, 0.1) is 0 Å². The average Bonchev–Trinajstić information content (AvgIpc) is 2.64. The van der Waals surface area contributed by atoms with Gasteiger partial charge in [0.15, 0.2) is 0 Å². The molecule has 1 fully saturated rings. The van der Waals surface area contributed by atoms with E-state index in [1.807, 2.05) is 6.07 Å². The Morgan fingerprint density at radius 2 is 2.20 bits per heavy atom. The molecule has 1 aromatic rings. The van der Waals surface area contributed by atoms with Gasteiger partial charge in [-0.25, -0.2) is 9.18 Å². The van der Waals surface area contributed by atoms with Crippen LogP contribution in [-0.2, 0) is 0 Å². The van der Waals surface area contributed by atoms with Crippen molar-refractivity contribution in [3.05, 3.63) is 35.4 Å². The topological polar surface area (TPSA) is 37.3 Å². The van der Waals surface area contributed by atoms with Crippen LogP contribution in [0.4, 0.5) is 4.39 Å². The van der Waals surface area contributed by atoms with Gasteiger partial charge in [0, 0.05) is 5.92 Å². The molecular formula is C12H13FO2. The van der Waals surface area contributed by atoms with Gasteiger partial charge in [0.05, 0.1) is 5.56 Å². The van der Waals surface area contributed by atoms with Gasteiger partial charge in [-0.15, -0.1) is 0 Å². The lowest BCUT2D eigenvalue weighted by Gasteiger charge is -2.13. The van der Waals surface area contributed by atoms with Crippen LogP contribution in [0.1, 0.15) is 41.1 Å². The average molecular weight is 208 g/mol. The van der Waals surface area contributed by atoms with Crippen molar-refractivity contribution < 1.29 is 14.3 Å². The largest absolute Gasteiger partial charge is 0.478 e. The molecule has 0 bridgehead atoms. The lowest BCUT2D eigenvalue weighted by Crippen LogP contribution is -2.07. The number of alkyl halides is 1. The fourth-order valence-corrected chi connectivity index (χ4v) is 2.19. The third-order valence-corrected chi connectivity index (χ3v) is 2.99. The molecule has 0 aliphatic heterocycles. The van der Waals surface area contributed by atoms with Crippen molar-refractivity contribution >= 4 is 5.97 Å². The summed E-state index contributed by atoms with van der Waals surface area (Å²) in [6.45, 7) is 0. The Morgan fingerprint density at radius 3 is 2.80 bits per heavy atom. The highest BCUT2D eigenvalue weighted by Crippen LogP contribution is 2.36. The molecule has 0 amide bonds. The molecule has 2 unspecified atom stereocenters. The molecule has 1 N–H and O–H groups in total. The highest BCUT2D eigenvalue weighted by atomic mass is 19.1. The molecule has 1 aliphatic rings. The number of carbonyl (C=O) groups is 1. The normalized spacial score (nSPS) is 25.4. The van der Waals surface area contributed by atoms with Gasteiger partial charge >= 0.3 is 5.97 Å². The van der Waals surface area contributed by atoms with Gasteiger partial charge in [0.2, 0.25) is 0 Å². The number of rotatable bonds is 2. The van der Waals surface area contributed by atoms with Crippen molar-refractivity contribution in [1.29, 1.82) is 0 Å². The summed E-state index contributed by atoms with van der Waals surface area (Å²) in [6.07, 6.45) is 1.50. The Kier molecular flexibility index (Phi) is 2.71. The number of carboxylic acids is 1. The van der Waals surface area contributed by atoms with E-state index in [0.717, 1.165) is 18.4 Å². The summed E-state index contributed by atoms with van der Waals surface area (Å²) in [5, 5.41) is 8.82. The minimum Gasteiger partial charge on any atom is -0.478 e. The van der Waals surface area contributed by atoms with Crippen molar-refractivity contribution in [3.63, 3.8) is 0 Å². The number of carboxylic acid groups (broad SMARTS) is 1. The molecule has 0 heterocycles. The molecule has 0 aromatic heterocycles. The molecule has 1 aromatic carbocycles. The number of hydrogen-bond acceptors (Lipinski definition) is 1. The van der Waals surface area contributed by atoms with Crippen molar-refractivity contribution in [2.45, 2.75) is 31.4 Å². The molecule has 2 nitrogen and oxygen atoms in total. The Labute approximate surface area is 87.7 Å². The van der Waals surface area contributed by atoms with Gasteiger partial charge in [-0.2, -0.15) is 0 Å². The standard InChI is InChI=1S/C12H13FO2/c13-11-6-2-5-10(11)8-3-1-4-9(7-8)12(14)15/h1,3-4,7,10-11H,2,5-6H2,(H,14,15). The maximum absolute atomic E-state index is 13.5. The Morgan fingerprint density at radius 1 is 1.40 bits per heavy atom. The first kappa shape index (κ1) is 10.1. The van der Waals surface area contributed by atoms with E-state index in [1.165, 1.54) is 6.07 Å². The van der Waals surface area contributed by atoms with Crippen LogP contribution in [0.3, 0.4) is 0 Å². The molecule has 3 heteroatoms. The van der Waals surface area contributed by atoms with Gasteiger partial charge in [-0.05, 0) is 37.0 Å². The number of aromatic carboxylic acids is 1. The predicted molar refractivity (Wildman–Crippen MR) is 54.9 cm³/mol. The first-order valence-electron chi connectivity index (χ1n) is 5.16. The Hall–Kier alpha value is -1.38. The van der Waals surface area contributed by atoms with Crippen LogP contribution in [-0.4, -0.2) is 17.2 Å². The van der Waals surface area contributed by atoms with Gasteiger partial charge in [0.1, 0.15) is 6.17 Å². The number of benzene rings is 1. The van der Waals surface area contributed by atoms with E-state index in [0.29, 0.717) is 6.42 Å². The van der Waals surface area contributed by atoms with Crippen molar-refractivity contribution in [2.75, 3.05) is 0 Å². The van der Waals surface area contributed by atoms with Crippen molar-refractivity contribution in [2.24, 2.45) is 0 Å². The maximum Gasteiger partial charge on any atom is 0.335 e. The molecule has 1 saturated carbocycles. The zero-order valence-corrected chi connectivity index (χ0v) is 8.32. The zero-order chi connectivity index (χ0) is 10.8. The molecule has 2 rings (SSSR count). The zero-order valence-electron chi connectivity index (χ0n) is 8.32. The van der Waals surface area contributed by atoms with Gasteiger partial charge in [-0.3, -0.25) is 0 Å². The summed E-state index contributed by atoms with van der Waals surface area (Å²) in [4.78, 5) is 10.8. The molecular weight excluding hydrogens is 195 g/mol.